The zero-order chi connectivity index (χ0) is 10.3. The smallest absolute Gasteiger partial charge is 0.306 e. The molecule has 0 aromatic heterocycles. The number of carboxylic acid groups (broad SMARTS) is 1. The summed E-state index contributed by atoms with van der Waals surface area (Å²) in [6.07, 6.45) is 2.72. The number of aliphatic carboxylic acids is 1. The van der Waals surface area contributed by atoms with E-state index in [1.807, 2.05) is 6.92 Å². The number of hydrogen-bond donors (Lipinski definition) is 1. The van der Waals surface area contributed by atoms with Crippen molar-refractivity contribution in [3.8, 4) is 0 Å². The molecule has 0 aliphatic carbocycles. The summed E-state index contributed by atoms with van der Waals surface area (Å²) < 4.78 is 5.43. The van der Waals surface area contributed by atoms with Crippen LogP contribution in [0.25, 0.3) is 0 Å². The molecule has 14 heavy (non-hydrogen) atoms. The average Bonchev–Trinajstić information content (AvgIpc) is 2.10. The predicted octanol–water partition coefficient (Wildman–Crippen LogP) is 2.72. The molecule has 2 atom stereocenters. The molecule has 0 aromatic rings. The summed E-state index contributed by atoms with van der Waals surface area (Å²) >= 11 is 0. The predicted molar refractivity (Wildman–Crippen MR) is 59.0 cm³/mol. The van der Waals surface area contributed by atoms with Crippen molar-refractivity contribution in [2.45, 2.75) is 46.1 Å². The zero-order valence-corrected chi connectivity index (χ0v) is 9.97. The van der Waals surface area contributed by atoms with Gasteiger partial charge in [0.1, 0.15) is 0 Å². The third-order valence-corrected chi connectivity index (χ3v) is 2.03. The first-order valence-electron chi connectivity index (χ1n) is 4.92. The average molecular weight is 225 g/mol. The van der Waals surface area contributed by atoms with Crippen LogP contribution in [0.15, 0.2) is 0 Å². The summed E-state index contributed by atoms with van der Waals surface area (Å²) in [7, 11) is 0. The molecular formula is C10H21ClO3. The monoisotopic (exact) mass is 224 g/mol. The molecule has 3 nitrogen and oxygen atoms in total. The fraction of sp³-hybridized carbons (Fsp3) is 0.900. The van der Waals surface area contributed by atoms with Gasteiger partial charge in [-0.25, -0.2) is 0 Å². The lowest BCUT2D eigenvalue weighted by Crippen LogP contribution is -2.14. The Morgan fingerprint density at radius 2 is 1.93 bits per heavy atom. The first-order chi connectivity index (χ1) is 6.07. The largest absolute Gasteiger partial charge is 0.481 e. The Hall–Kier alpha value is -0.280. The highest BCUT2D eigenvalue weighted by molar-refractivity contribution is 5.85. The standard InChI is InChI=1S/C10H20O3.ClH/c1-4-7-13-9(3)6-5-8(2)10(11)12;/h8-9H,4-7H2,1-3H3,(H,11,12);1H/t8-,9+;/m1./s1. The summed E-state index contributed by atoms with van der Waals surface area (Å²) in [5, 5.41) is 8.63. The molecule has 0 unspecified atom stereocenters. The lowest BCUT2D eigenvalue weighted by atomic mass is 10.0. The fourth-order valence-corrected chi connectivity index (χ4v) is 1.01. The summed E-state index contributed by atoms with van der Waals surface area (Å²) in [6.45, 7) is 6.55. The molecule has 0 saturated carbocycles. The third-order valence-electron chi connectivity index (χ3n) is 2.03. The molecule has 0 fully saturated rings. The maximum Gasteiger partial charge on any atom is 0.306 e. The summed E-state index contributed by atoms with van der Waals surface area (Å²) in [5.41, 5.74) is 0. The SMILES string of the molecule is CCCO[C@@H](C)CC[C@@H](C)C(=O)O.Cl. The number of ether oxygens (including phenoxy) is 1. The number of rotatable bonds is 7. The molecule has 0 rings (SSSR count). The maximum atomic E-state index is 10.5. The van der Waals surface area contributed by atoms with E-state index in [9.17, 15) is 4.79 Å². The number of hydrogen-bond acceptors (Lipinski definition) is 2. The zero-order valence-electron chi connectivity index (χ0n) is 9.16. The van der Waals surface area contributed by atoms with E-state index in [-0.39, 0.29) is 24.4 Å². The molecule has 0 aliphatic heterocycles. The Labute approximate surface area is 92.2 Å². The lowest BCUT2D eigenvalue weighted by Gasteiger charge is -2.13. The normalized spacial score (nSPS) is 14.2. The first kappa shape index (κ1) is 16.2. The molecule has 0 saturated heterocycles. The van der Waals surface area contributed by atoms with E-state index in [0.29, 0.717) is 6.42 Å². The van der Waals surface area contributed by atoms with Crippen molar-refractivity contribution < 1.29 is 14.6 Å². The topological polar surface area (TPSA) is 46.5 Å². The summed E-state index contributed by atoms with van der Waals surface area (Å²) in [6, 6.07) is 0. The Balaban J connectivity index is 0. The van der Waals surface area contributed by atoms with Crippen LogP contribution >= 0.6 is 12.4 Å². The minimum absolute atomic E-state index is 0. The van der Waals surface area contributed by atoms with Gasteiger partial charge < -0.3 is 9.84 Å². The molecule has 0 bridgehead atoms. The van der Waals surface area contributed by atoms with E-state index in [2.05, 4.69) is 6.92 Å². The van der Waals surface area contributed by atoms with Crippen LogP contribution in [0.4, 0.5) is 0 Å². The molecule has 0 radical (unpaired) electrons. The van der Waals surface area contributed by atoms with Gasteiger partial charge >= 0.3 is 5.97 Å². The van der Waals surface area contributed by atoms with Gasteiger partial charge in [-0.1, -0.05) is 13.8 Å². The van der Waals surface area contributed by atoms with Gasteiger partial charge in [-0.05, 0) is 26.2 Å². The molecule has 0 aliphatic rings. The van der Waals surface area contributed by atoms with Crippen molar-refractivity contribution >= 4 is 18.4 Å². The third kappa shape index (κ3) is 8.32. The Morgan fingerprint density at radius 3 is 2.36 bits per heavy atom. The van der Waals surface area contributed by atoms with Crippen molar-refractivity contribution in [2.24, 2.45) is 5.92 Å². The molecule has 1 N–H and O–H groups in total. The van der Waals surface area contributed by atoms with Crippen molar-refractivity contribution in [1.29, 1.82) is 0 Å². The van der Waals surface area contributed by atoms with E-state index < -0.39 is 5.97 Å². The number of halogens is 1. The van der Waals surface area contributed by atoms with E-state index >= 15 is 0 Å². The van der Waals surface area contributed by atoms with Crippen molar-refractivity contribution in [1.82, 2.24) is 0 Å². The molecular weight excluding hydrogens is 204 g/mol. The van der Waals surface area contributed by atoms with Gasteiger partial charge in [-0.3, -0.25) is 4.79 Å². The van der Waals surface area contributed by atoms with Crippen LogP contribution < -0.4 is 0 Å². The van der Waals surface area contributed by atoms with E-state index in [0.717, 1.165) is 19.4 Å². The van der Waals surface area contributed by atoms with Crippen LogP contribution in [-0.2, 0) is 9.53 Å². The van der Waals surface area contributed by atoms with Crippen LogP contribution in [0, 0.1) is 5.92 Å². The van der Waals surface area contributed by atoms with Crippen molar-refractivity contribution in [2.75, 3.05) is 6.61 Å². The minimum atomic E-state index is -0.720. The molecule has 0 spiro atoms. The lowest BCUT2D eigenvalue weighted by molar-refractivity contribution is -0.141. The molecule has 0 aromatic carbocycles. The van der Waals surface area contributed by atoms with Gasteiger partial charge in [0.2, 0.25) is 0 Å². The van der Waals surface area contributed by atoms with Crippen LogP contribution in [0.2, 0.25) is 0 Å². The molecule has 86 valence electrons. The van der Waals surface area contributed by atoms with Crippen LogP contribution in [0.1, 0.15) is 40.0 Å². The van der Waals surface area contributed by atoms with Crippen molar-refractivity contribution in [3.63, 3.8) is 0 Å². The maximum absolute atomic E-state index is 10.5. The highest BCUT2D eigenvalue weighted by Crippen LogP contribution is 2.10. The van der Waals surface area contributed by atoms with E-state index in [4.69, 9.17) is 9.84 Å². The Morgan fingerprint density at radius 1 is 1.36 bits per heavy atom. The highest BCUT2D eigenvalue weighted by atomic mass is 35.5. The Kier molecular flexibility index (Phi) is 10.7. The molecule has 4 heteroatoms. The van der Waals surface area contributed by atoms with Gasteiger partial charge in [0, 0.05) is 6.61 Å². The second-order valence-corrected chi connectivity index (χ2v) is 3.50. The highest BCUT2D eigenvalue weighted by Gasteiger charge is 2.12. The second kappa shape index (κ2) is 9.28. The van der Waals surface area contributed by atoms with Gasteiger partial charge in [0.05, 0.1) is 12.0 Å². The van der Waals surface area contributed by atoms with Gasteiger partial charge in [0.15, 0.2) is 0 Å². The van der Waals surface area contributed by atoms with Crippen LogP contribution in [0.5, 0.6) is 0 Å². The van der Waals surface area contributed by atoms with E-state index in [1.165, 1.54) is 0 Å². The Bertz CT molecular complexity index is 150. The minimum Gasteiger partial charge on any atom is -0.481 e. The van der Waals surface area contributed by atoms with Crippen LogP contribution in [-0.4, -0.2) is 23.8 Å². The summed E-state index contributed by atoms with van der Waals surface area (Å²) in [4.78, 5) is 10.5. The number of carboxylic acids is 1. The first-order valence-corrected chi connectivity index (χ1v) is 4.92. The number of carbonyl (C=O) groups is 1. The van der Waals surface area contributed by atoms with Gasteiger partial charge in [-0.15, -0.1) is 12.4 Å². The van der Waals surface area contributed by atoms with Gasteiger partial charge in [-0.2, -0.15) is 0 Å². The van der Waals surface area contributed by atoms with Crippen molar-refractivity contribution in [3.05, 3.63) is 0 Å². The van der Waals surface area contributed by atoms with Crippen LogP contribution in [0.3, 0.4) is 0 Å². The van der Waals surface area contributed by atoms with Gasteiger partial charge in [0.25, 0.3) is 0 Å². The fourth-order valence-electron chi connectivity index (χ4n) is 1.01. The quantitative estimate of drug-likeness (QED) is 0.723. The summed E-state index contributed by atoms with van der Waals surface area (Å²) in [5.74, 6) is -0.977. The molecule has 0 heterocycles. The van der Waals surface area contributed by atoms with E-state index in [1.54, 1.807) is 6.92 Å². The molecule has 0 amide bonds. The second-order valence-electron chi connectivity index (χ2n) is 3.50.